The van der Waals surface area contributed by atoms with Crippen molar-refractivity contribution in [2.45, 2.75) is 11.8 Å². The minimum absolute atomic E-state index is 0.167. The predicted molar refractivity (Wildman–Crippen MR) is 82.4 cm³/mol. The Morgan fingerprint density at radius 2 is 1.76 bits per heavy atom. The summed E-state index contributed by atoms with van der Waals surface area (Å²) in [7, 11) is -3.62. The van der Waals surface area contributed by atoms with E-state index in [2.05, 4.69) is 16.6 Å². The lowest BCUT2D eigenvalue weighted by Crippen LogP contribution is -2.13. The molecule has 5 heteroatoms. The molecule has 0 bridgehead atoms. The molecule has 0 spiro atoms. The molecule has 2 N–H and O–H groups in total. The first-order valence-corrected chi connectivity index (χ1v) is 7.79. The van der Waals surface area contributed by atoms with E-state index >= 15 is 0 Å². The van der Waals surface area contributed by atoms with E-state index < -0.39 is 10.0 Å². The van der Waals surface area contributed by atoms with Crippen LogP contribution in [0.15, 0.2) is 53.4 Å². The summed E-state index contributed by atoms with van der Waals surface area (Å²) in [6.45, 7) is 1.61. The highest BCUT2D eigenvalue weighted by Gasteiger charge is 2.14. The van der Waals surface area contributed by atoms with Gasteiger partial charge in [-0.05, 0) is 42.8 Å². The van der Waals surface area contributed by atoms with Gasteiger partial charge in [0.15, 0.2) is 0 Å². The fourth-order valence-electron chi connectivity index (χ4n) is 1.75. The second-order valence-electron chi connectivity index (χ2n) is 4.40. The van der Waals surface area contributed by atoms with Crippen LogP contribution in [0.25, 0.3) is 0 Å². The zero-order valence-corrected chi connectivity index (χ0v) is 12.3. The molecular weight excluding hydrogens is 286 g/mol. The summed E-state index contributed by atoms with van der Waals surface area (Å²) < 4.78 is 27.1. The number of aliphatic hydroxyl groups is 1. The smallest absolute Gasteiger partial charge is 0.261 e. The first kappa shape index (κ1) is 15.1. The number of rotatable bonds is 3. The lowest BCUT2D eigenvalue weighted by Gasteiger charge is -2.10. The molecule has 0 heterocycles. The highest BCUT2D eigenvalue weighted by Crippen LogP contribution is 2.19. The van der Waals surface area contributed by atoms with E-state index in [9.17, 15) is 8.42 Å². The molecule has 0 atom stereocenters. The maximum atomic E-state index is 12.3. The summed E-state index contributed by atoms with van der Waals surface area (Å²) in [5.74, 6) is 5.23. The fourth-order valence-corrected chi connectivity index (χ4v) is 2.88. The molecule has 0 aromatic heterocycles. The van der Waals surface area contributed by atoms with E-state index in [1.807, 2.05) is 19.1 Å². The van der Waals surface area contributed by atoms with Gasteiger partial charge in [-0.15, -0.1) is 0 Å². The molecule has 0 amide bonds. The van der Waals surface area contributed by atoms with Gasteiger partial charge in [0, 0.05) is 5.56 Å². The number of aliphatic hydroxyl groups excluding tert-OH is 1. The minimum atomic E-state index is -3.62. The van der Waals surface area contributed by atoms with Gasteiger partial charge in [-0.3, -0.25) is 4.72 Å². The van der Waals surface area contributed by atoms with Crippen molar-refractivity contribution < 1.29 is 13.5 Å². The van der Waals surface area contributed by atoms with Crippen LogP contribution in [0, 0.1) is 18.8 Å². The van der Waals surface area contributed by atoms with Crippen LogP contribution in [0.4, 0.5) is 5.69 Å². The topological polar surface area (TPSA) is 66.4 Å². The molecule has 2 aromatic rings. The molecule has 0 aliphatic heterocycles. The lowest BCUT2D eigenvalue weighted by atomic mass is 10.2. The van der Waals surface area contributed by atoms with Crippen LogP contribution >= 0.6 is 0 Å². The number of aryl methyl sites for hydroxylation is 1. The van der Waals surface area contributed by atoms with Crippen LogP contribution in [0.3, 0.4) is 0 Å². The Hall–Kier alpha value is -2.29. The lowest BCUT2D eigenvalue weighted by molar-refractivity contribution is 0.350. The molecule has 108 valence electrons. The number of benzene rings is 2. The third kappa shape index (κ3) is 3.85. The highest BCUT2D eigenvalue weighted by molar-refractivity contribution is 7.92. The van der Waals surface area contributed by atoms with Crippen molar-refractivity contribution in [3.05, 3.63) is 59.7 Å². The molecule has 0 saturated heterocycles. The van der Waals surface area contributed by atoms with Crippen molar-refractivity contribution in [2.24, 2.45) is 0 Å². The van der Waals surface area contributed by atoms with Gasteiger partial charge in [0.05, 0.1) is 10.6 Å². The SMILES string of the molecule is Cc1ccccc1NS(=O)(=O)c1ccc(C#CCO)cc1. The van der Waals surface area contributed by atoms with E-state index in [0.29, 0.717) is 11.3 Å². The van der Waals surface area contributed by atoms with Crippen molar-refractivity contribution in [1.82, 2.24) is 0 Å². The van der Waals surface area contributed by atoms with Gasteiger partial charge in [0.25, 0.3) is 10.0 Å². The number of sulfonamides is 1. The molecule has 4 nitrogen and oxygen atoms in total. The van der Waals surface area contributed by atoms with E-state index in [4.69, 9.17) is 5.11 Å². The number of nitrogens with one attached hydrogen (secondary N) is 1. The molecule has 0 aliphatic carbocycles. The molecule has 2 aromatic carbocycles. The normalized spacial score (nSPS) is 10.6. The molecule has 21 heavy (non-hydrogen) atoms. The Morgan fingerprint density at radius 3 is 2.38 bits per heavy atom. The highest BCUT2D eigenvalue weighted by atomic mass is 32.2. The van der Waals surface area contributed by atoms with Gasteiger partial charge in [-0.25, -0.2) is 8.42 Å². The Labute approximate surface area is 124 Å². The summed E-state index contributed by atoms with van der Waals surface area (Å²) in [5.41, 5.74) is 2.06. The molecular formula is C16H15NO3S. The molecule has 0 fully saturated rings. The van der Waals surface area contributed by atoms with Crippen molar-refractivity contribution in [2.75, 3.05) is 11.3 Å². The van der Waals surface area contributed by atoms with E-state index in [1.165, 1.54) is 12.1 Å². The standard InChI is InChI=1S/C16H15NO3S/c1-13-5-2-3-7-16(13)17-21(19,20)15-10-8-14(9-11-15)6-4-12-18/h2-3,5,7-11,17-18H,12H2,1H3. The van der Waals surface area contributed by atoms with Crippen LogP contribution in [-0.2, 0) is 10.0 Å². The van der Waals surface area contributed by atoms with Crippen molar-refractivity contribution in [3.63, 3.8) is 0 Å². The van der Waals surface area contributed by atoms with Gasteiger partial charge in [-0.2, -0.15) is 0 Å². The van der Waals surface area contributed by atoms with Gasteiger partial charge in [0.1, 0.15) is 6.61 Å². The van der Waals surface area contributed by atoms with E-state index in [1.54, 1.807) is 24.3 Å². The third-order valence-electron chi connectivity index (χ3n) is 2.87. The third-order valence-corrected chi connectivity index (χ3v) is 4.25. The molecule has 2 rings (SSSR count). The summed E-state index contributed by atoms with van der Waals surface area (Å²) in [4.78, 5) is 0.167. The predicted octanol–water partition coefficient (Wildman–Crippen LogP) is 2.14. The Kier molecular flexibility index (Phi) is 4.63. The van der Waals surface area contributed by atoms with Crippen LogP contribution in [-0.4, -0.2) is 20.1 Å². The number of anilines is 1. The van der Waals surface area contributed by atoms with Gasteiger partial charge >= 0.3 is 0 Å². The Bertz CT molecular complexity index is 784. The first-order chi connectivity index (χ1) is 10.0. The molecule has 0 radical (unpaired) electrons. The van der Waals surface area contributed by atoms with Crippen LogP contribution in [0.1, 0.15) is 11.1 Å². The minimum Gasteiger partial charge on any atom is -0.384 e. The van der Waals surface area contributed by atoms with Gasteiger partial charge in [0.2, 0.25) is 0 Å². The monoisotopic (exact) mass is 301 g/mol. The summed E-state index contributed by atoms with van der Waals surface area (Å²) >= 11 is 0. The first-order valence-electron chi connectivity index (χ1n) is 6.31. The zero-order chi connectivity index (χ0) is 15.3. The summed E-state index contributed by atoms with van der Waals surface area (Å²) in [5, 5.41) is 8.62. The van der Waals surface area contributed by atoms with E-state index in [-0.39, 0.29) is 11.5 Å². The number of hydrogen-bond acceptors (Lipinski definition) is 3. The van der Waals surface area contributed by atoms with Crippen LogP contribution in [0.2, 0.25) is 0 Å². The average Bonchev–Trinajstić information content (AvgIpc) is 2.48. The summed E-state index contributed by atoms with van der Waals surface area (Å²) in [6, 6.07) is 13.4. The Morgan fingerprint density at radius 1 is 1.10 bits per heavy atom. The molecule has 0 aliphatic rings. The Balaban J connectivity index is 2.26. The number of hydrogen-bond donors (Lipinski definition) is 2. The second kappa shape index (κ2) is 6.44. The summed E-state index contributed by atoms with van der Waals surface area (Å²) in [6.07, 6.45) is 0. The van der Waals surface area contributed by atoms with Crippen LogP contribution in [0.5, 0.6) is 0 Å². The van der Waals surface area contributed by atoms with Crippen LogP contribution < -0.4 is 4.72 Å². The van der Waals surface area contributed by atoms with E-state index in [0.717, 1.165) is 5.56 Å². The van der Waals surface area contributed by atoms with Gasteiger partial charge in [-0.1, -0.05) is 30.0 Å². The maximum Gasteiger partial charge on any atom is 0.261 e. The zero-order valence-electron chi connectivity index (χ0n) is 11.5. The second-order valence-corrected chi connectivity index (χ2v) is 6.09. The molecule has 0 unspecified atom stereocenters. The van der Waals surface area contributed by atoms with Crippen molar-refractivity contribution in [1.29, 1.82) is 0 Å². The molecule has 0 saturated carbocycles. The van der Waals surface area contributed by atoms with Gasteiger partial charge < -0.3 is 5.11 Å². The average molecular weight is 301 g/mol. The number of para-hydroxylation sites is 1. The maximum absolute atomic E-state index is 12.3. The fraction of sp³-hybridized carbons (Fsp3) is 0.125. The van der Waals surface area contributed by atoms with Crippen molar-refractivity contribution in [3.8, 4) is 11.8 Å². The largest absolute Gasteiger partial charge is 0.384 e. The quantitative estimate of drug-likeness (QED) is 0.854. The van der Waals surface area contributed by atoms with Crippen molar-refractivity contribution >= 4 is 15.7 Å².